The van der Waals surface area contributed by atoms with Gasteiger partial charge in [0.1, 0.15) is 17.3 Å². The third-order valence-electron chi connectivity index (χ3n) is 5.16. The van der Waals surface area contributed by atoms with E-state index in [0.29, 0.717) is 11.3 Å². The second kappa shape index (κ2) is 7.23. The lowest BCUT2D eigenvalue weighted by Crippen LogP contribution is -2.10. The minimum atomic E-state index is 0.0441. The Hall–Kier alpha value is -3.54. The van der Waals surface area contributed by atoms with Gasteiger partial charge in [-0.1, -0.05) is 29.4 Å². The van der Waals surface area contributed by atoms with Crippen LogP contribution in [-0.2, 0) is 6.42 Å². The van der Waals surface area contributed by atoms with E-state index in [9.17, 15) is 5.11 Å². The molecule has 6 heteroatoms. The SMILES string of the molecule is COc1ccccc1-c1c[nH]c2c1CC(c1ccc(O)c(/C(C)=N/O)c1)C=N2. The molecule has 1 unspecified atom stereocenters. The maximum absolute atomic E-state index is 10.1. The summed E-state index contributed by atoms with van der Waals surface area (Å²) in [5.41, 5.74) is 5.09. The maximum atomic E-state index is 10.1. The highest BCUT2D eigenvalue weighted by Gasteiger charge is 2.24. The highest BCUT2D eigenvalue weighted by molar-refractivity contribution is 6.01. The van der Waals surface area contributed by atoms with E-state index in [1.54, 1.807) is 20.1 Å². The number of phenols is 1. The van der Waals surface area contributed by atoms with Crippen LogP contribution in [0.1, 0.15) is 29.5 Å². The van der Waals surface area contributed by atoms with Gasteiger partial charge in [0.25, 0.3) is 0 Å². The summed E-state index contributed by atoms with van der Waals surface area (Å²) in [4.78, 5) is 7.86. The van der Waals surface area contributed by atoms with Gasteiger partial charge in [-0.25, -0.2) is 4.99 Å². The molecule has 0 aliphatic carbocycles. The number of benzene rings is 2. The van der Waals surface area contributed by atoms with Crippen LogP contribution < -0.4 is 4.74 Å². The van der Waals surface area contributed by atoms with E-state index in [-0.39, 0.29) is 11.7 Å². The van der Waals surface area contributed by atoms with E-state index >= 15 is 0 Å². The Kier molecular flexibility index (Phi) is 4.61. The van der Waals surface area contributed by atoms with Crippen molar-refractivity contribution in [3.05, 3.63) is 65.4 Å². The van der Waals surface area contributed by atoms with Gasteiger partial charge in [0.05, 0.1) is 12.8 Å². The molecule has 0 saturated heterocycles. The molecule has 3 aromatic rings. The van der Waals surface area contributed by atoms with Gasteiger partial charge in [-0.05, 0) is 37.1 Å². The first-order valence-corrected chi connectivity index (χ1v) is 9.02. The molecule has 1 aliphatic heterocycles. The Morgan fingerprint density at radius 1 is 1.21 bits per heavy atom. The molecule has 1 aromatic heterocycles. The number of ether oxygens (including phenoxy) is 1. The number of nitrogens with one attached hydrogen (secondary N) is 1. The summed E-state index contributed by atoms with van der Waals surface area (Å²) in [6, 6.07) is 13.3. The number of methoxy groups -OCH3 is 1. The summed E-state index contributed by atoms with van der Waals surface area (Å²) in [7, 11) is 1.67. The number of aromatic nitrogens is 1. The summed E-state index contributed by atoms with van der Waals surface area (Å²) < 4.78 is 5.52. The summed E-state index contributed by atoms with van der Waals surface area (Å²) >= 11 is 0. The van der Waals surface area contributed by atoms with Gasteiger partial charge in [-0.2, -0.15) is 0 Å². The molecule has 0 saturated carbocycles. The van der Waals surface area contributed by atoms with E-state index in [0.717, 1.165) is 40.2 Å². The van der Waals surface area contributed by atoms with Crippen molar-refractivity contribution in [2.45, 2.75) is 19.3 Å². The van der Waals surface area contributed by atoms with Crippen molar-refractivity contribution in [1.29, 1.82) is 0 Å². The molecular weight excluding hydrogens is 354 g/mol. The standard InChI is InChI=1S/C22H21N3O3/c1-13(25-27)17-9-14(7-8-20(17)26)15-10-18-19(12-24-22(18)23-11-15)16-5-3-4-6-21(16)28-2/h3-9,11-12,15,24,26-27H,10H2,1-2H3/b25-13+. The number of hydrogen-bond acceptors (Lipinski definition) is 5. The number of H-pyrrole nitrogens is 1. The van der Waals surface area contributed by atoms with Crippen LogP contribution in [-0.4, -0.2) is 34.3 Å². The van der Waals surface area contributed by atoms with E-state index in [1.165, 1.54) is 0 Å². The van der Waals surface area contributed by atoms with Crippen LogP contribution in [0, 0.1) is 0 Å². The predicted molar refractivity (Wildman–Crippen MR) is 109 cm³/mol. The highest BCUT2D eigenvalue weighted by Crippen LogP contribution is 2.40. The van der Waals surface area contributed by atoms with Crippen LogP contribution >= 0.6 is 0 Å². The molecule has 0 amide bonds. The van der Waals surface area contributed by atoms with Crippen LogP contribution in [0.4, 0.5) is 5.82 Å². The normalized spacial score (nSPS) is 16.1. The van der Waals surface area contributed by atoms with Crippen molar-refractivity contribution in [3.63, 3.8) is 0 Å². The topological polar surface area (TPSA) is 90.2 Å². The Balaban J connectivity index is 1.72. The zero-order valence-electron chi connectivity index (χ0n) is 15.7. The first-order valence-electron chi connectivity index (χ1n) is 9.02. The molecule has 0 radical (unpaired) electrons. The van der Waals surface area contributed by atoms with Gasteiger partial charge >= 0.3 is 0 Å². The summed E-state index contributed by atoms with van der Waals surface area (Å²) in [6.07, 6.45) is 4.63. The maximum Gasteiger partial charge on any atom is 0.133 e. The van der Waals surface area contributed by atoms with Crippen LogP contribution in [0.15, 0.2) is 58.8 Å². The Labute approximate surface area is 162 Å². The van der Waals surface area contributed by atoms with Crippen molar-refractivity contribution in [3.8, 4) is 22.6 Å². The Morgan fingerprint density at radius 3 is 2.82 bits per heavy atom. The number of aromatic amines is 1. The second-order valence-electron chi connectivity index (χ2n) is 6.78. The van der Waals surface area contributed by atoms with Crippen LogP contribution in [0.5, 0.6) is 11.5 Å². The molecule has 0 spiro atoms. The summed E-state index contributed by atoms with van der Waals surface area (Å²) in [5.74, 6) is 1.80. The molecule has 0 fully saturated rings. The summed E-state index contributed by atoms with van der Waals surface area (Å²) in [5, 5.41) is 22.3. The van der Waals surface area contributed by atoms with Crippen LogP contribution in [0.25, 0.3) is 11.1 Å². The number of nitrogens with zero attached hydrogens (tertiary/aromatic N) is 2. The number of hydrogen-bond donors (Lipinski definition) is 3. The first-order chi connectivity index (χ1) is 13.6. The van der Waals surface area contributed by atoms with Crippen molar-refractivity contribution in [2.24, 2.45) is 10.1 Å². The summed E-state index contributed by atoms with van der Waals surface area (Å²) in [6.45, 7) is 1.65. The third-order valence-corrected chi connectivity index (χ3v) is 5.16. The zero-order valence-corrected chi connectivity index (χ0v) is 15.7. The first kappa shape index (κ1) is 17.9. The van der Waals surface area contributed by atoms with Crippen molar-refractivity contribution < 1.29 is 15.1 Å². The minimum absolute atomic E-state index is 0.0441. The Morgan fingerprint density at radius 2 is 2.04 bits per heavy atom. The molecular formula is C22H21N3O3. The van der Waals surface area contributed by atoms with Crippen LogP contribution in [0.2, 0.25) is 0 Å². The van der Waals surface area contributed by atoms with Gasteiger partial charge in [-0.15, -0.1) is 0 Å². The second-order valence-corrected chi connectivity index (χ2v) is 6.78. The number of rotatable bonds is 4. The molecule has 0 bridgehead atoms. The molecule has 1 atom stereocenters. The monoisotopic (exact) mass is 375 g/mol. The lowest BCUT2D eigenvalue weighted by molar-refractivity contribution is 0.318. The molecule has 6 nitrogen and oxygen atoms in total. The molecule has 28 heavy (non-hydrogen) atoms. The zero-order chi connectivity index (χ0) is 19.7. The molecule has 1 aliphatic rings. The van der Waals surface area contributed by atoms with E-state index in [2.05, 4.69) is 15.1 Å². The van der Waals surface area contributed by atoms with Crippen molar-refractivity contribution >= 4 is 17.7 Å². The van der Waals surface area contributed by atoms with Crippen molar-refractivity contribution in [1.82, 2.24) is 4.98 Å². The number of aliphatic imine (C=N–C) groups is 1. The smallest absolute Gasteiger partial charge is 0.133 e. The van der Waals surface area contributed by atoms with E-state index < -0.39 is 0 Å². The van der Waals surface area contributed by atoms with Crippen molar-refractivity contribution in [2.75, 3.05) is 7.11 Å². The fourth-order valence-electron chi connectivity index (χ4n) is 3.64. The molecule has 4 rings (SSSR count). The lowest BCUT2D eigenvalue weighted by atomic mass is 9.87. The van der Waals surface area contributed by atoms with Gasteiger partial charge in [-0.3, -0.25) is 0 Å². The van der Waals surface area contributed by atoms with Gasteiger partial charge in [0.2, 0.25) is 0 Å². The number of para-hydroxylation sites is 1. The number of fused-ring (bicyclic) bond motifs is 1. The fourth-order valence-corrected chi connectivity index (χ4v) is 3.64. The van der Waals surface area contributed by atoms with E-state index in [4.69, 9.17) is 9.94 Å². The van der Waals surface area contributed by atoms with Gasteiger partial charge in [0.15, 0.2) is 0 Å². The molecule has 142 valence electrons. The fraction of sp³-hybridized carbons (Fsp3) is 0.182. The quantitative estimate of drug-likeness (QED) is 0.353. The number of aromatic hydroxyl groups is 1. The van der Waals surface area contributed by atoms with Crippen LogP contribution in [0.3, 0.4) is 0 Å². The van der Waals surface area contributed by atoms with Gasteiger partial charge in [0, 0.05) is 40.6 Å². The average molecular weight is 375 g/mol. The highest BCUT2D eigenvalue weighted by atomic mass is 16.5. The third kappa shape index (κ3) is 3.03. The molecule has 3 N–H and O–H groups in total. The Bertz CT molecular complexity index is 1080. The van der Waals surface area contributed by atoms with E-state index in [1.807, 2.05) is 48.8 Å². The largest absolute Gasteiger partial charge is 0.507 e. The number of oxime groups is 1. The average Bonchev–Trinajstić information content (AvgIpc) is 3.16. The predicted octanol–water partition coefficient (Wildman–Crippen LogP) is 4.64. The molecule has 2 aromatic carbocycles. The molecule has 2 heterocycles. The number of phenolic OH excluding ortho intramolecular Hbond substituents is 1. The minimum Gasteiger partial charge on any atom is -0.507 e. The van der Waals surface area contributed by atoms with Gasteiger partial charge < -0.3 is 20.0 Å². The lowest BCUT2D eigenvalue weighted by Gasteiger charge is -2.19.